The Morgan fingerprint density at radius 2 is 2.29 bits per heavy atom. The average Bonchev–Trinajstić information content (AvgIpc) is 2.69. The summed E-state index contributed by atoms with van der Waals surface area (Å²) in [5, 5.41) is 0. The summed E-state index contributed by atoms with van der Waals surface area (Å²) in [6.45, 7) is 1.22. The van der Waals surface area contributed by atoms with Crippen molar-refractivity contribution in [2.45, 2.75) is 18.9 Å². The van der Waals surface area contributed by atoms with Gasteiger partial charge in [0.1, 0.15) is 0 Å². The highest BCUT2D eigenvalue weighted by Gasteiger charge is 2.21. The predicted molar refractivity (Wildman–Crippen MR) is 57.2 cm³/mol. The normalized spacial score (nSPS) is 21.5. The smallest absolute Gasteiger partial charge is 0.0360 e. The van der Waals surface area contributed by atoms with E-state index in [4.69, 9.17) is 0 Å². The minimum absolute atomic E-state index is 0.610. The van der Waals surface area contributed by atoms with Crippen molar-refractivity contribution in [3.8, 4) is 0 Å². The van der Waals surface area contributed by atoms with Gasteiger partial charge in [-0.25, -0.2) is 0 Å². The zero-order chi connectivity index (χ0) is 10.4. The van der Waals surface area contributed by atoms with E-state index in [1.54, 1.807) is 0 Å². The molecule has 0 spiro atoms. The standard InChI is InChI=1S/C10H14N2.H4N2/c1-12-7-3-5-10(12)9-4-2-6-11-8-9;1-2/h2,4,6,8,10H,3,5,7H2,1H3;1-2H2. The molecule has 1 aromatic heterocycles. The second-order valence-electron chi connectivity index (χ2n) is 3.42. The molecule has 1 unspecified atom stereocenters. The van der Waals surface area contributed by atoms with E-state index >= 15 is 0 Å². The summed E-state index contributed by atoms with van der Waals surface area (Å²) in [4.78, 5) is 6.54. The number of hydrogen-bond acceptors (Lipinski definition) is 4. The van der Waals surface area contributed by atoms with Crippen molar-refractivity contribution in [3.05, 3.63) is 30.1 Å². The van der Waals surface area contributed by atoms with Crippen LogP contribution in [0.5, 0.6) is 0 Å². The van der Waals surface area contributed by atoms with Crippen molar-refractivity contribution in [2.75, 3.05) is 13.6 Å². The predicted octanol–water partition coefficient (Wildman–Crippen LogP) is 0.667. The molecule has 0 amide bonds. The molecule has 2 rings (SSSR count). The minimum Gasteiger partial charge on any atom is -0.299 e. The van der Waals surface area contributed by atoms with Crippen LogP contribution in [0.1, 0.15) is 24.4 Å². The third-order valence-corrected chi connectivity index (χ3v) is 2.59. The summed E-state index contributed by atoms with van der Waals surface area (Å²) in [6, 6.07) is 4.79. The molecule has 1 fully saturated rings. The molecule has 78 valence electrons. The largest absolute Gasteiger partial charge is 0.299 e. The first-order valence-electron chi connectivity index (χ1n) is 4.81. The van der Waals surface area contributed by atoms with E-state index in [-0.39, 0.29) is 0 Å². The van der Waals surface area contributed by atoms with Crippen LogP contribution in [0, 0.1) is 0 Å². The van der Waals surface area contributed by atoms with Crippen LogP contribution in [0.25, 0.3) is 0 Å². The molecular weight excluding hydrogens is 176 g/mol. The molecule has 1 aliphatic heterocycles. The molecule has 0 saturated carbocycles. The molecule has 1 atom stereocenters. The number of hydrazine groups is 1. The van der Waals surface area contributed by atoms with Gasteiger partial charge < -0.3 is 0 Å². The first kappa shape index (κ1) is 11.1. The van der Waals surface area contributed by atoms with Gasteiger partial charge in [-0.2, -0.15) is 0 Å². The van der Waals surface area contributed by atoms with Crippen LogP contribution in [-0.4, -0.2) is 23.5 Å². The summed E-state index contributed by atoms with van der Waals surface area (Å²) in [5.74, 6) is 8.00. The minimum atomic E-state index is 0.610. The van der Waals surface area contributed by atoms with Crippen molar-refractivity contribution in [3.63, 3.8) is 0 Å². The van der Waals surface area contributed by atoms with Crippen LogP contribution < -0.4 is 11.7 Å². The number of pyridine rings is 1. The van der Waals surface area contributed by atoms with Gasteiger partial charge in [0.15, 0.2) is 0 Å². The molecule has 14 heavy (non-hydrogen) atoms. The zero-order valence-electron chi connectivity index (χ0n) is 8.56. The third-order valence-electron chi connectivity index (χ3n) is 2.59. The Kier molecular flexibility index (Phi) is 4.52. The van der Waals surface area contributed by atoms with Crippen molar-refractivity contribution < 1.29 is 0 Å². The lowest BCUT2D eigenvalue weighted by Crippen LogP contribution is -2.17. The van der Waals surface area contributed by atoms with Crippen LogP contribution in [-0.2, 0) is 0 Å². The van der Waals surface area contributed by atoms with Crippen molar-refractivity contribution >= 4 is 0 Å². The summed E-state index contributed by atoms with van der Waals surface area (Å²) in [5.41, 5.74) is 1.36. The van der Waals surface area contributed by atoms with E-state index in [9.17, 15) is 0 Å². The summed E-state index contributed by atoms with van der Waals surface area (Å²) in [7, 11) is 2.19. The summed E-state index contributed by atoms with van der Waals surface area (Å²) >= 11 is 0. The van der Waals surface area contributed by atoms with Gasteiger partial charge in [0.05, 0.1) is 0 Å². The third kappa shape index (κ3) is 2.51. The van der Waals surface area contributed by atoms with Crippen LogP contribution in [0.15, 0.2) is 24.5 Å². The Balaban J connectivity index is 0.000000461. The first-order valence-corrected chi connectivity index (χ1v) is 4.81. The van der Waals surface area contributed by atoms with Gasteiger partial charge >= 0.3 is 0 Å². The number of aromatic nitrogens is 1. The van der Waals surface area contributed by atoms with Gasteiger partial charge in [-0.15, -0.1) is 0 Å². The Hall–Kier alpha value is -0.970. The number of nitrogens with two attached hydrogens (primary N) is 2. The van der Waals surface area contributed by atoms with E-state index in [2.05, 4.69) is 34.7 Å². The summed E-state index contributed by atoms with van der Waals surface area (Å²) in [6.07, 6.45) is 6.41. The molecule has 1 aliphatic rings. The van der Waals surface area contributed by atoms with E-state index in [1.807, 2.05) is 18.5 Å². The molecule has 4 nitrogen and oxygen atoms in total. The van der Waals surface area contributed by atoms with E-state index in [0.29, 0.717) is 6.04 Å². The van der Waals surface area contributed by atoms with E-state index in [0.717, 1.165) is 0 Å². The van der Waals surface area contributed by atoms with Crippen molar-refractivity contribution in [1.29, 1.82) is 0 Å². The second-order valence-corrected chi connectivity index (χ2v) is 3.42. The topological polar surface area (TPSA) is 68.2 Å². The highest BCUT2D eigenvalue weighted by atomic mass is 15.1. The maximum atomic E-state index is 4.14. The number of hydrogen-bond donors (Lipinski definition) is 2. The van der Waals surface area contributed by atoms with Crippen molar-refractivity contribution in [2.24, 2.45) is 11.7 Å². The lowest BCUT2D eigenvalue weighted by atomic mass is 10.1. The van der Waals surface area contributed by atoms with E-state index < -0.39 is 0 Å². The SMILES string of the molecule is CN1CCCC1c1cccnc1.NN. The molecule has 0 bridgehead atoms. The fourth-order valence-electron chi connectivity index (χ4n) is 1.90. The molecule has 1 aromatic rings. The Labute approximate surface area is 84.9 Å². The zero-order valence-corrected chi connectivity index (χ0v) is 8.56. The molecule has 1 saturated heterocycles. The van der Waals surface area contributed by atoms with Crippen LogP contribution in [0.2, 0.25) is 0 Å². The fraction of sp³-hybridized carbons (Fsp3) is 0.500. The lowest BCUT2D eigenvalue weighted by Gasteiger charge is -2.18. The van der Waals surface area contributed by atoms with Gasteiger partial charge in [-0.05, 0) is 38.1 Å². The Morgan fingerprint density at radius 3 is 2.79 bits per heavy atom. The monoisotopic (exact) mass is 194 g/mol. The maximum Gasteiger partial charge on any atom is 0.0360 e. The first-order chi connectivity index (χ1) is 6.88. The molecule has 4 heteroatoms. The van der Waals surface area contributed by atoms with Gasteiger partial charge in [-0.1, -0.05) is 6.07 Å². The number of likely N-dealkylation sites (tertiary alicyclic amines) is 1. The molecule has 0 aromatic carbocycles. The van der Waals surface area contributed by atoms with Crippen LogP contribution in [0.3, 0.4) is 0 Å². The van der Waals surface area contributed by atoms with Gasteiger partial charge in [0.25, 0.3) is 0 Å². The number of nitrogens with zero attached hydrogens (tertiary/aromatic N) is 2. The number of rotatable bonds is 1. The van der Waals surface area contributed by atoms with Crippen molar-refractivity contribution in [1.82, 2.24) is 9.88 Å². The van der Waals surface area contributed by atoms with Crippen LogP contribution >= 0.6 is 0 Å². The highest BCUT2D eigenvalue weighted by Crippen LogP contribution is 2.29. The molecule has 4 N–H and O–H groups in total. The maximum absolute atomic E-state index is 4.14. The Morgan fingerprint density at radius 1 is 1.50 bits per heavy atom. The lowest BCUT2D eigenvalue weighted by molar-refractivity contribution is 0.317. The van der Waals surface area contributed by atoms with Gasteiger partial charge in [0, 0.05) is 18.4 Å². The Bertz CT molecular complexity index is 250. The molecule has 0 aliphatic carbocycles. The van der Waals surface area contributed by atoms with Gasteiger partial charge in [0.2, 0.25) is 0 Å². The van der Waals surface area contributed by atoms with Gasteiger partial charge in [-0.3, -0.25) is 21.6 Å². The summed E-state index contributed by atoms with van der Waals surface area (Å²) < 4.78 is 0. The van der Waals surface area contributed by atoms with Crippen LogP contribution in [0.4, 0.5) is 0 Å². The average molecular weight is 194 g/mol. The van der Waals surface area contributed by atoms with E-state index in [1.165, 1.54) is 24.9 Å². The molecule has 2 heterocycles. The fourth-order valence-corrected chi connectivity index (χ4v) is 1.90. The molecule has 0 radical (unpaired) electrons. The molecular formula is C10H18N4. The highest BCUT2D eigenvalue weighted by molar-refractivity contribution is 5.14. The second kappa shape index (κ2) is 5.70. The quantitative estimate of drug-likeness (QED) is 0.509.